The fraction of sp³-hybridized carbons (Fsp3) is 0.588. The smallest absolute Gasteiger partial charge is 0.315 e. The van der Waals surface area contributed by atoms with Crippen LogP contribution < -0.4 is 15.4 Å². The number of methoxy groups -OCH3 is 1. The number of hydrogen-bond acceptors (Lipinski definition) is 3. The second-order valence-corrected chi connectivity index (χ2v) is 6.18. The van der Waals surface area contributed by atoms with Crippen molar-refractivity contribution in [1.29, 1.82) is 0 Å². The zero-order chi connectivity index (χ0) is 16.0. The minimum absolute atomic E-state index is 0.0169. The third kappa shape index (κ3) is 4.63. The molecule has 0 saturated heterocycles. The molecule has 1 aromatic carbocycles. The second kappa shape index (κ2) is 7.49. The molecule has 0 spiro atoms. The lowest BCUT2D eigenvalue weighted by Crippen LogP contribution is -2.54. The third-order valence-corrected chi connectivity index (χ3v) is 4.29. The van der Waals surface area contributed by atoms with Crippen LogP contribution in [0.1, 0.15) is 31.7 Å². The Morgan fingerprint density at radius 2 is 2.05 bits per heavy atom. The van der Waals surface area contributed by atoms with Crippen LogP contribution in [0, 0.1) is 5.92 Å². The minimum Gasteiger partial charge on any atom is -0.497 e. The predicted octanol–water partition coefficient (Wildman–Crippen LogP) is 2.09. The average molecular weight is 306 g/mol. The first-order valence-corrected chi connectivity index (χ1v) is 7.87. The molecule has 22 heavy (non-hydrogen) atoms. The molecule has 0 bridgehead atoms. The highest BCUT2D eigenvalue weighted by Crippen LogP contribution is 2.39. The molecule has 1 aliphatic carbocycles. The Balaban J connectivity index is 1.66. The Bertz CT molecular complexity index is 485. The quantitative estimate of drug-likeness (QED) is 0.644. The summed E-state index contributed by atoms with van der Waals surface area (Å²) in [7, 11) is 1.65. The fourth-order valence-corrected chi connectivity index (χ4v) is 2.58. The molecule has 5 heteroatoms. The molecule has 1 atom stereocenters. The summed E-state index contributed by atoms with van der Waals surface area (Å²) < 4.78 is 5.12. The van der Waals surface area contributed by atoms with E-state index in [-0.39, 0.29) is 12.6 Å². The molecule has 0 aromatic heterocycles. The second-order valence-electron chi connectivity index (χ2n) is 6.18. The van der Waals surface area contributed by atoms with E-state index < -0.39 is 5.54 Å². The van der Waals surface area contributed by atoms with Gasteiger partial charge in [-0.2, -0.15) is 0 Å². The van der Waals surface area contributed by atoms with Gasteiger partial charge in [0.05, 0.1) is 19.3 Å². The monoisotopic (exact) mass is 306 g/mol. The highest BCUT2D eigenvalue weighted by Gasteiger charge is 2.42. The molecule has 122 valence electrons. The highest BCUT2D eigenvalue weighted by atomic mass is 16.5. The summed E-state index contributed by atoms with van der Waals surface area (Å²) in [5.41, 5.74) is 0.737. The van der Waals surface area contributed by atoms with Crippen LogP contribution in [0.3, 0.4) is 0 Å². The van der Waals surface area contributed by atoms with E-state index in [1.165, 1.54) is 5.56 Å². The number of amides is 2. The molecule has 2 amide bonds. The molecule has 1 aliphatic rings. The van der Waals surface area contributed by atoms with E-state index in [4.69, 9.17) is 4.74 Å². The van der Waals surface area contributed by atoms with Gasteiger partial charge in [-0.15, -0.1) is 0 Å². The van der Waals surface area contributed by atoms with Crippen molar-refractivity contribution in [2.75, 3.05) is 20.3 Å². The van der Waals surface area contributed by atoms with Crippen molar-refractivity contribution in [3.8, 4) is 5.75 Å². The van der Waals surface area contributed by atoms with Crippen molar-refractivity contribution < 1.29 is 14.6 Å². The van der Waals surface area contributed by atoms with E-state index in [0.29, 0.717) is 12.5 Å². The van der Waals surface area contributed by atoms with Crippen molar-refractivity contribution in [3.63, 3.8) is 0 Å². The lowest BCUT2D eigenvalue weighted by molar-refractivity contribution is 0.155. The SMILES string of the molecule is COc1ccc(CCCNC(=O)NC(C)(CO)C2CC2)cc1. The van der Waals surface area contributed by atoms with Crippen molar-refractivity contribution in [3.05, 3.63) is 29.8 Å². The fourth-order valence-electron chi connectivity index (χ4n) is 2.58. The summed E-state index contributed by atoms with van der Waals surface area (Å²) in [4.78, 5) is 11.9. The number of benzene rings is 1. The van der Waals surface area contributed by atoms with E-state index in [0.717, 1.165) is 31.4 Å². The van der Waals surface area contributed by atoms with E-state index in [1.54, 1.807) is 7.11 Å². The maximum Gasteiger partial charge on any atom is 0.315 e. The zero-order valence-corrected chi connectivity index (χ0v) is 13.4. The molecule has 0 heterocycles. The van der Waals surface area contributed by atoms with Crippen LogP contribution in [-0.2, 0) is 6.42 Å². The van der Waals surface area contributed by atoms with Crippen LogP contribution in [0.5, 0.6) is 5.75 Å². The summed E-state index contributed by atoms with van der Waals surface area (Å²) in [5.74, 6) is 1.26. The van der Waals surface area contributed by atoms with Crippen LogP contribution in [0.15, 0.2) is 24.3 Å². The van der Waals surface area contributed by atoms with Crippen molar-refractivity contribution in [2.24, 2.45) is 5.92 Å². The van der Waals surface area contributed by atoms with Crippen molar-refractivity contribution >= 4 is 6.03 Å². The molecule has 0 radical (unpaired) electrons. The van der Waals surface area contributed by atoms with Crippen LogP contribution >= 0.6 is 0 Å². The van der Waals surface area contributed by atoms with Gasteiger partial charge < -0.3 is 20.5 Å². The zero-order valence-electron chi connectivity index (χ0n) is 13.4. The van der Waals surface area contributed by atoms with E-state index in [2.05, 4.69) is 10.6 Å². The van der Waals surface area contributed by atoms with E-state index in [1.807, 2.05) is 31.2 Å². The van der Waals surface area contributed by atoms with Gasteiger partial charge in [0.2, 0.25) is 0 Å². The lowest BCUT2D eigenvalue weighted by Gasteiger charge is -2.28. The molecule has 1 fully saturated rings. The third-order valence-electron chi connectivity index (χ3n) is 4.29. The first-order valence-electron chi connectivity index (χ1n) is 7.87. The van der Waals surface area contributed by atoms with Gasteiger partial charge in [-0.1, -0.05) is 12.1 Å². The van der Waals surface area contributed by atoms with Crippen LogP contribution in [-0.4, -0.2) is 36.9 Å². The van der Waals surface area contributed by atoms with Gasteiger partial charge in [0.25, 0.3) is 0 Å². The molecule has 2 rings (SSSR count). The van der Waals surface area contributed by atoms with Gasteiger partial charge in [-0.25, -0.2) is 4.79 Å². The Labute approximate surface area is 132 Å². The van der Waals surface area contributed by atoms with E-state index in [9.17, 15) is 9.90 Å². The molecule has 3 N–H and O–H groups in total. The van der Waals surface area contributed by atoms with Gasteiger partial charge in [0.1, 0.15) is 5.75 Å². The predicted molar refractivity (Wildman–Crippen MR) is 86.1 cm³/mol. The maximum absolute atomic E-state index is 11.9. The standard InChI is InChI=1S/C17H26N2O3/c1-17(12-20,14-7-8-14)19-16(21)18-11-3-4-13-5-9-15(22-2)10-6-13/h5-6,9-10,14,20H,3-4,7-8,11-12H2,1-2H3,(H2,18,19,21). The summed E-state index contributed by atoms with van der Waals surface area (Å²) >= 11 is 0. The molecular weight excluding hydrogens is 280 g/mol. The molecular formula is C17H26N2O3. The molecule has 1 aromatic rings. The molecule has 1 saturated carbocycles. The number of aliphatic hydroxyl groups is 1. The average Bonchev–Trinajstić information content (AvgIpc) is 3.37. The highest BCUT2D eigenvalue weighted by molar-refractivity contribution is 5.74. The number of rotatable bonds is 8. The van der Waals surface area contributed by atoms with Gasteiger partial charge in [-0.3, -0.25) is 0 Å². The largest absolute Gasteiger partial charge is 0.497 e. The molecule has 0 aliphatic heterocycles. The minimum atomic E-state index is -0.486. The summed E-state index contributed by atoms with van der Waals surface area (Å²) in [5, 5.41) is 15.2. The number of carbonyl (C=O) groups is 1. The summed E-state index contributed by atoms with van der Waals surface area (Å²) in [6, 6.07) is 7.76. The van der Waals surface area contributed by atoms with Crippen LogP contribution in [0.25, 0.3) is 0 Å². The van der Waals surface area contributed by atoms with E-state index >= 15 is 0 Å². The number of aryl methyl sites for hydroxylation is 1. The van der Waals surface area contributed by atoms with Crippen molar-refractivity contribution in [2.45, 2.75) is 38.1 Å². The first kappa shape index (κ1) is 16.6. The lowest BCUT2D eigenvalue weighted by atomic mass is 9.97. The van der Waals surface area contributed by atoms with Gasteiger partial charge in [0, 0.05) is 6.54 Å². The molecule has 5 nitrogen and oxygen atoms in total. The van der Waals surface area contributed by atoms with Gasteiger partial charge >= 0.3 is 6.03 Å². The number of ether oxygens (including phenoxy) is 1. The Morgan fingerprint density at radius 3 is 2.59 bits per heavy atom. The normalized spacial score (nSPS) is 16.7. The number of urea groups is 1. The summed E-state index contributed by atoms with van der Waals surface area (Å²) in [6.07, 6.45) is 3.94. The number of hydrogen-bond donors (Lipinski definition) is 3. The van der Waals surface area contributed by atoms with Crippen LogP contribution in [0.2, 0.25) is 0 Å². The maximum atomic E-state index is 11.9. The number of carbonyl (C=O) groups excluding carboxylic acids is 1. The number of nitrogens with one attached hydrogen (secondary N) is 2. The van der Waals surface area contributed by atoms with Gasteiger partial charge in [-0.05, 0) is 56.2 Å². The first-order chi connectivity index (χ1) is 10.6. The van der Waals surface area contributed by atoms with Gasteiger partial charge in [0.15, 0.2) is 0 Å². The summed E-state index contributed by atoms with van der Waals surface area (Å²) in [6.45, 7) is 2.50. The van der Waals surface area contributed by atoms with Crippen molar-refractivity contribution in [1.82, 2.24) is 10.6 Å². The van der Waals surface area contributed by atoms with Crippen LogP contribution in [0.4, 0.5) is 4.79 Å². The molecule has 1 unspecified atom stereocenters. The Kier molecular flexibility index (Phi) is 5.66. The Morgan fingerprint density at radius 1 is 1.36 bits per heavy atom. The Hall–Kier alpha value is -1.75. The number of aliphatic hydroxyl groups excluding tert-OH is 1. The topological polar surface area (TPSA) is 70.6 Å².